The number of hydrogen-bond acceptors (Lipinski definition) is 4. The van der Waals surface area contributed by atoms with E-state index < -0.39 is 5.97 Å². The molecule has 1 rings (SSSR count). The number of carboxylic acids is 1. The van der Waals surface area contributed by atoms with Gasteiger partial charge >= 0.3 is 5.97 Å². The summed E-state index contributed by atoms with van der Waals surface area (Å²) < 4.78 is 0. The van der Waals surface area contributed by atoms with Crippen LogP contribution in [0.15, 0.2) is 12.1 Å². The van der Waals surface area contributed by atoms with Crippen molar-refractivity contribution in [2.75, 3.05) is 13.1 Å². The van der Waals surface area contributed by atoms with Crippen LogP contribution >= 0.6 is 11.3 Å². The monoisotopic (exact) mass is 270 g/mol. The standard InChI is InChI=1S/C11H14N2O4S/c1-2-12-9(14)5-6-13-10(15)7-3-4-8(18-7)11(16)17/h3-4H,2,5-6H2,1H3,(H,12,14)(H,13,15)(H,16,17). The molecule has 6 nitrogen and oxygen atoms in total. The average molecular weight is 270 g/mol. The fourth-order valence-electron chi connectivity index (χ4n) is 1.24. The molecule has 0 aromatic carbocycles. The Balaban J connectivity index is 2.40. The molecule has 0 saturated carbocycles. The van der Waals surface area contributed by atoms with Gasteiger partial charge in [-0.1, -0.05) is 0 Å². The lowest BCUT2D eigenvalue weighted by Gasteiger charge is -2.03. The zero-order valence-electron chi connectivity index (χ0n) is 9.86. The molecule has 7 heteroatoms. The van der Waals surface area contributed by atoms with Crippen LogP contribution in [0.5, 0.6) is 0 Å². The topological polar surface area (TPSA) is 95.5 Å². The first-order valence-corrected chi connectivity index (χ1v) is 6.24. The smallest absolute Gasteiger partial charge is 0.345 e. The number of aromatic carboxylic acids is 1. The Labute approximate surface area is 108 Å². The van der Waals surface area contributed by atoms with Crippen LogP contribution in [0.1, 0.15) is 32.7 Å². The number of carbonyl (C=O) groups is 3. The van der Waals surface area contributed by atoms with Gasteiger partial charge < -0.3 is 15.7 Å². The largest absolute Gasteiger partial charge is 0.477 e. The highest BCUT2D eigenvalue weighted by Crippen LogP contribution is 2.15. The van der Waals surface area contributed by atoms with Gasteiger partial charge in [0.1, 0.15) is 4.88 Å². The highest BCUT2D eigenvalue weighted by Gasteiger charge is 2.12. The SMILES string of the molecule is CCNC(=O)CCNC(=O)c1ccc(C(=O)O)s1. The summed E-state index contributed by atoms with van der Waals surface area (Å²) in [6, 6.07) is 2.83. The molecule has 1 aromatic heterocycles. The lowest BCUT2D eigenvalue weighted by molar-refractivity contribution is -0.120. The van der Waals surface area contributed by atoms with Crippen LogP contribution in [-0.4, -0.2) is 36.0 Å². The van der Waals surface area contributed by atoms with Gasteiger partial charge in [-0.05, 0) is 19.1 Å². The van der Waals surface area contributed by atoms with Crippen molar-refractivity contribution in [3.05, 3.63) is 21.9 Å². The van der Waals surface area contributed by atoms with E-state index in [1.165, 1.54) is 12.1 Å². The molecule has 3 N–H and O–H groups in total. The Kier molecular flexibility index (Phi) is 5.31. The molecule has 98 valence electrons. The van der Waals surface area contributed by atoms with Crippen molar-refractivity contribution in [2.24, 2.45) is 0 Å². The van der Waals surface area contributed by atoms with Crippen molar-refractivity contribution in [1.82, 2.24) is 10.6 Å². The first-order valence-electron chi connectivity index (χ1n) is 5.42. The Morgan fingerprint density at radius 2 is 1.89 bits per heavy atom. The predicted octanol–water partition coefficient (Wildman–Crippen LogP) is 0.702. The summed E-state index contributed by atoms with van der Waals surface area (Å²) in [6.45, 7) is 2.60. The van der Waals surface area contributed by atoms with Crippen LogP contribution in [0.25, 0.3) is 0 Å². The summed E-state index contributed by atoms with van der Waals surface area (Å²) in [7, 11) is 0. The second-order valence-corrected chi connectivity index (χ2v) is 4.51. The number of thiophene rings is 1. The van der Waals surface area contributed by atoms with Gasteiger partial charge in [-0.3, -0.25) is 9.59 Å². The van der Waals surface area contributed by atoms with E-state index in [4.69, 9.17) is 5.11 Å². The van der Waals surface area contributed by atoms with Gasteiger partial charge in [0.25, 0.3) is 5.91 Å². The third kappa shape index (κ3) is 4.17. The Bertz CT molecular complexity index is 456. The molecule has 0 fully saturated rings. The number of carboxylic acid groups (broad SMARTS) is 1. The predicted molar refractivity (Wildman–Crippen MR) is 66.9 cm³/mol. The van der Waals surface area contributed by atoms with Gasteiger partial charge in [-0.25, -0.2) is 4.79 Å². The maximum Gasteiger partial charge on any atom is 0.345 e. The van der Waals surface area contributed by atoms with Crippen molar-refractivity contribution < 1.29 is 19.5 Å². The summed E-state index contributed by atoms with van der Waals surface area (Å²) >= 11 is 0.906. The van der Waals surface area contributed by atoms with Gasteiger partial charge in [-0.2, -0.15) is 0 Å². The van der Waals surface area contributed by atoms with Gasteiger partial charge in [0.15, 0.2) is 0 Å². The molecule has 0 aliphatic carbocycles. The molecule has 0 aliphatic heterocycles. The molecule has 0 saturated heterocycles. The van der Waals surface area contributed by atoms with Gasteiger partial charge in [0.05, 0.1) is 4.88 Å². The lowest BCUT2D eigenvalue weighted by atomic mass is 10.3. The zero-order chi connectivity index (χ0) is 13.5. The van der Waals surface area contributed by atoms with Crippen LogP contribution in [0.2, 0.25) is 0 Å². The maximum atomic E-state index is 11.6. The van der Waals surface area contributed by atoms with E-state index in [-0.39, 0.29) is 29.7 Å². The molecule has 0 unspecified atom stereocenters. The molecule has 0 aliphatic rings. The van der Waals surface area contributed by atoms with Gasteiger partial charge in [0, 0.05) is 19.5 Å². The summed E-state index contributed by atoms with van der Waals surface area (Å²) in [4.78, 5) is 33.8. The summed E-state index contributed by atoms with van der Waals surface area (Å²) in [5.74, 6) is -1.55. The van der Waals surface area contributed by atoms with E-state index >= 15 is 0 Å². The van der Waals surface area contributed by atoms with E-state index in [0.717, 1.165) is 11.3 Å². The lowest BCUT2D eigenvalue weighted by Crippen LogP contribution is -2.30. The Morgan fingerprint density at radius 3 is 2.44 bits per heavy atom. The molecule has 18 heavy (non-hydrogen) atoms. The molecule has 0 spiro atoms. The van der Waals surface area contributed by atoms with Crippen LogP contribution in [0.3, 0.4) is 0 Å². The fourth-order valence-corrected chi connectivity index (χ4v) is 2.00. The van der Waals surface area contributed by atoms with E-state index in [1.54, 1.807) is 0 Å². The Hall–Kier alpha value is -1.89. The minimum atomic E-state index is -1.05. The van der Waals surface area contributed by atoms with Gasteiger partial charge in [0.2, 0.25) is 5.91 Å². The maximum absolute atomic E-state index is 11.6. The molecule has 2 amide bonds. The average Bonchev–Trinajstić information content (AvgIpc) is 2.78. The van der Waals surface area contributed by atoms with Crippen LogP contribution < -0.4 is 10.6 Å². The molecular weight excluding hydrogens is 256 g/mol. The number of hydrogen-bond donors (Lipinski definition) is 3. The minimum Gasteiger partial charge on any atom is -0.477 e. The first-order chi connectivity index (χ1) is 8.54. The molecule has 1 aromatic rings. The minimum absolute atomic E-state index is 0.115. The van der Waals surface area contributed by atoms with Crippen molar-refractivity contribution in [1.29, 1.82) is 0 Å². The molecule has 1 heterocycles. The summed E-state index contributed by atoms with van der Waals surface area (Å²) in [6.07, 6.45) is 0.205. The quantitative estimate of drug-likeness (QED) is 0.709. The van der Waals surface area contributed by atoms with Crippen molar-refractivity contribution >= 4 is 29.1 Å². The van der Waals surface area contributed by atoms with Crippen molar-refractivity contribution in [3.8, 4) is 0 Å². The van der Waals surface area contributed by atoms with Crippen molar-refractivity contribution in [2.45, 2.75) is 13.3 Å². The molecular formula is C11H14N2O4S. The fraction of sp³-hybridized carbons (Fsp3) is 0.364. The molecule has 0 radical (unpaired) electrons. The summed E-state index contributed by atoms with van der Waals surface area (Å²) in [5, 5.41) is 13.9. The zero-order valence-corrected chi connectivity index (χ0v) is 10.7. The summed E-state index contributed by atoms with van der Waals surface area (Å²) in [5.41, 5.74) is 0. The number of rotatable bonds is 6. The second-order valence-electron chi connectivity index (χ2n) is 3.43. The van der Waals surface area contributed by atoms with E-state index in [2.05, 4.69) is 10.6 Å². The highest BCUT2D eigenvalue weighted by atomic mass is 32.1. The molecule has 0 bridgehead atoms. The molecule has 0 atom stereocenters. The second kappa shape index (κ2) is 6.75. The van der Waals surface area contributed by atoms with E-state index in [1.807, 2.05) is 6.92 Å². The highest BCUT2D eigenvalue weighted by molar-refractivity contribution is 7.15. The van der Waals surface area contributed by atoms with Crippen LogP contribution in [0.4, 0.5) is 0 Å². The third-order valence-electron chi connectivity index (χ3n) is 2.05. The van der Waals surface area contributed by atoms with Crippen LogP contribution in [-0.2, 0) is 4.79 Å². The number of nitrogens with one attached hydrogen (secondary N) is 2. The van der Waals surface area contributed by atoms with E-state index in [0.29, 0.717) is 11.4 Å². The number of amides is 2. The number of carbonyl (C=O) groups excluding carboxylic acids is 2. The first kappa shape index (κ1) is 14.2. The van der Waals surface area contributed by atoms with Crippen LogP contribution in [0, 0.1) is 0 Å². The van der Waals surface area contributed by atoms with E-state index in [9.17, 15) is 14.4 Å². The van der Waals surface area contributed by atoms with Gasteiger partial charge in [-0.15, -0.1) is 11.3 Å². The van der Waals surface area contributed by atoms with Crippen molar-refractivity contribution in [3.63, 3.8) is 0 Å². The Morgan fingerprint density at radius 1 is 1.22 bits per heavy atom. The normalized spacial score (nSPS) is 9.83. The third-order valence-corrected chi connectivity index (χ3v) is 3.12.